The number of hydrogen-bond acceptors (Lipinski definition) is 4. The van der Waals surface area contributed by atoms with Gasteiger partial charge < -0.3 is 9.47 Å². The van der Waals surface area contributed by atoms with E-state index >= 15 is 0 Å². The molecular weight excluding hydrogens is 256 g/mol. The van der Waals surface area contributed by atoms with E-state index in [1.54, 1.807) is 13.8 Å². The van der Waals surface area contributed by atoms with Gasteiger partial charge in [-0.3, -0.25) is 9.59 Å². The van der Waals surface area contributed by atoms with Crippen molar-refractivity contribution in [3.63, 3.8) is 0 Å². The fourth-order valence-electron chi connectivity index (χ4n) is 2.10. The van der Waals surface area contributed by atoms with Gasteiger partial charge in [-0.2, -0.15) is 0 Å². The van der Waals surface area contributed by atoms with Gasteiger partial charge in [0.05, 0.1) is 25.6 Å². The molecule has 4 heteroatoms. The highest BCUT2D eigenvalue weighted by atomic mass is 16.5. The Balaban J connectivity index is 2.86. The minimum absolute atomic E-state index is 0.0444. The summed E-state index contributed by atoms with van der Waals surface area (Å²) in [5, 5.41) is 0. The second-order valence-corrected chi connectivity index (χ2v) is 4.57. The lowest BCUT2D eigenvalue weighted by molar-refractivity contribution is -0.155. The predicted octanol–water partition coefficient (Wildman–Crippen LogP) is 2.92. The maximum atomic E-state index is 12.1. The number of rotatable bonds is 7. The molecule has 0 aliphatic carbocycles. The highest BCUT2D eigenvalue weighted by Gasteiger charge is 2.30. The van der Waals surface area contributed by atoms with E-state index in [0.717, 1.165) is 5.56 Å². The van der Waals surface area contributed by atoms with E-state index in [-0.39, 0.29) is 24.3 Å². The molecule has 4 nitrogen and oxygen atoms in total. The van der Waals surface area contributed by atoms with Crippen LogP contribution < -0.4 is 0 Å². The third-order valence-corrected chi connectivity index (χ3v) is 3.21. The average Bonchev–Trinajstić information content (AvgIpc) is 2.45. The van der Waals surface area contributed by atoms with E-state index < -0.39 is 5.92 Å². The van der Waals surface area contributed by atoms with Gasteiger partial charge in [-0.15, -0.1) is 0 Å². The Labute approximate surface area is 120 Å². The van der Waals surface area contributed by atoms with E-state index in [2.05, 4.69) is 0 Å². The Morgan fingerprint density at radius 2 is 1.65 bits per heavy atom. The van der Waals surface area contributed by atoms with Gasteiger partial charge in [-0.05, 0) is 25.3 Å². The Kier molecular flexibility index (Phi) is 6.77. The maximum absolute atomic E-state index is 12.1. The van der Waals surface area contributed by atoms with Gasteiger partial charge in [0.15, 0.2) is 0 Å². The zero-order chi connectivity index (χ0) is 15.0. The standard InChI is InChI=1S/C16H22O4/c1-4-19-15(17)11-14(16(18)20-5-2)12(3)13-9-7-6-8-10-13/h6-10,12,14H,4-5,11H2,1-3H3. The molecule has 0 amide bonds. The molecule has 0 aliphatic rings. The van der Waals surface area contributed by atoms with Crippen molar-refractivity contribution < 1.29 is 19.1 Å². The number of hydrogen-bond donors (Lipinski definition) is 0. The molecule has 1 rings (SSSR count). The lowest BCUT2D eigenvalue weighted by Crippen LogP contribution is -2.26. The lowest BCUT2D eigenvalue weighted by Gasteiger charge is -2.22. The van der Waals surface area contributed by atoms with E-state index in [0.29, 0.717) is 13.2 Å². The molecule has 0 spiro atoms. The number of ether oxygens (including phenoxy) is 2. The van der Waals surface area contributed by atoms with Crippen molar-refractivity contribution in [3.8, 4) is 0 Å². The summed E-state index contributed by atoms with van der Waals surface area (Å²) in [5.74, 6) is -1.33. The van der Waals surface area contributed by atoms with Gasteiger partial charge in [-0.1, -0.05) is 37.3 Å². The summed E-state index contributed by atoms with van der Waals surface area (Å²) < 4.78 is 10.0. The first-order valence-corrected chi connectivity index (χ1v) is 6.97. The van der Waals surface area contributed by atoms with Crippen LogP contribution in [0.2, 0.25) is 0 Å². The van der Waals surface area contributed by atoms with E-state index in [1.165, 1.54) is 0 Å². The van der Waals surface area contributed by atoms with Gasteiger partial charge in [-0.25, -0.2) is 0 Å². The van der Waals surface area contributed by atoms with Crippen molar-refractivity contribution in [2.45, 2.75) is 33.1 Å². The van der Waals surface area contributed by atoms with Crippen molar-refractivity contribution in [1.29, 1.82) is 0 Å². The smallest absolute Gasteiger partial charge is 0.310 e. The molecule has 0 saturated heterocycles. The molecule has 20 heavy (non-hydrogen) atoms. The average molecular weight is 278 g/mol. The number of benzene rings is 1. The van der Waals surface area contributed by atoms with Crippen molar-refractivity contribution in [2.75, 3.05) is 13.2 Å². The zero-order valence-corrected chi connectivity index (χ0v) is 12.3. The highest BCUT2D eigenvalue weighted by molar-refractivity contribution is 5.80. The fourth-order valence-corrected chi connectivity index (χ4v) is 2.10. The first kappa shape index (κ1) is 16.2. The van der Waals surface area contributed by atoms with Gasteiger partial charge in [0, 0.05) is 0 Å². The van der Waals surface area contributed by atoms with Crippen LogP contribution >= 0.6 is 0 Å². The minimum Gasteiger partial charge on any atom is -0.466 e. The molecule has 0 N–H and O–H groups in total. The highest BCUT2D eigenvalue weighted by Crippen LogP contribution is 2.28. The van der Waals surface area contributed by atoms with Crippen LogP contribution in [0.1, 0.15) is 38.7 Å². The Bertz CT molecular complexity index is 427. The summed E-state index contributed by atoms with van der Waals surface area (Å²) in [7, 11) is 0. The van der Waals surface area contributed by atoms with Crippen molar-refractivity contribution >= 4 is 11.9 Å². The molecule has 0 aliphatic heterocycles. The number of esters is 2. The third kappa shape index (κ3) is 4.68. The van der Waals surface area contributed by atoms with Crippen molar-refractivity contribution in [1.82, 2.24) is 0 Å². The normalized spacial score (nSPS) is 13.3. The largest absolute Gasteiger partial charge is 0.466 e. The van der Waals surface area contributed by atoms with Crippen LogP contribution in [0.3, 0.4) is 0 Å². The fraction of sp³-hybridized carbons (Fsp3) is 0.500. The molecule has 1 aromatic rings. The maximum Gasteiger partial charge on any atom is 0.310 e. The van der Waals surface area contributed by atoms with Crippen molar-refractivity contribution in [3.05, 3.63) is 35.9 Å². The molecule has 0 saturated carbocycles. The van der Waals surface area contributed by atoms with Crippen LogP contribution in [-0.2, 0) is 19.1 Å². The third-order valence-electron chi connectivity index (χ3n) is 3.21. The van der Waals surface area contributed by atoms with Crippen molar-refractivity contribution in [2.24, 2.45) is 5.92 Å². The van der Waals surface area contributed by atoms with Crippen LogP contribution in [-0.4, -0.2) is 25.2 Å². The number of carbonyl (C=O) groups excluding carboxylic acids is 2. The Morgan fingerprint density at radius 1 is 1.05 bits per heavy atom. The summed E-state index contributed by atoms with van der Waals surface area (Å²) in [4.78, 5) is 23.7. The van der Waals surface area contributed by atoms with Crippen LogP contribution in [0.15, 0.2) is 30.3 Å². The molecule has 0 radical (unpaired) electrons. The second kappa shape index (κ2) is 8.35. The summed E-state index contributed by atoms with van der Waals surface area (Å²) in [6, 6.07) is 9.64. The minimum atomic E-state index is -0.517. The Hall–Kier alpha value is -1.84. The van der Waals surface area contributed by atoms with Crippen LogP contribution in [0.5, 0.6) is 0 Å². The van der Waals surface area contributed by atoms with Gasteiger partial charge in [0.2, 0.25) is 0 Å². The van der Waals surface area contributed by atoms with E-state index in [1.807, 2.05) is 37.3 Å². The second-order valence-electron chi connectivity index (χ2n) is 4.57. The lowest BCUT2D eigenvalue weighted by atomic mass is 9.85. The van der Waals surface area contributed by atoms with E-state index in [4.69, 9.17) is 9.47 Å². The first-order chi connectivity index (χ1) is 9.60. The van der Waals surface area contributed by atoms with Crippen LogP contribution in [0, 0.1) is 5.92 Å². The van der Waals surface area contributed by atoms with Gasteiger partial charge in [0.25, 0.3) is 0 Å². The molecule has 2 unspecified atom stereocenters. The van der Waals surface area contributed by atoms with E-state index in [9.17, 15) is 9.59 Å². The Morgan fingerprint density at radius 3 is 2.20 bits per heavy atom. The van der Waals surface area contributed by atoms with Crippen LogP contribution in [0.4, 0.5) is 0 Å². The summed E-state index contributed by atoms with van der Waals surface area (Å²) in [5.41, 5.74) is 1.01. The summed E-state index contributed by atoms with van der Waals surface area (Å²) in [6.45, 7) is 6.05. The molecular formula is C16H22O4. The molecule has 0 fully saturated rings. The first-order valence-electron chi connectivity index (χ1n) is 6.97. The molecule has 0 bridgehead atoms. The van der Waals surface area contributed by atoms with Gasteiger partial charge >= 0.3 is 11.9 Å². The quantitative estimate of drug-likeness (QED) is 0.720. The molecule has 0 aromatic heterocycles. The summed E-state index contributed by atoms with van der Waals surface area (Å²) in [6.07, 6.45) is 0.0444. The summed E-state index contributed by atoms with van der Waals surface area (Å²) >= 11 is 0. The SMILES string of the molecule is CCOC(=O)CC(C(=O)OCC)C(C)c1ccccc1. The predicted molar refractivity (Wildman–Crippen MR) is 76.2 cm³/mol. The van der Waals surface area contributed by atoms with Crippen LogP contribution in [0.25, 0.3) is 0 Å². The molecule has 2 atom stereocenters. The van der Waals surface area contributed by atoms with Gasteiger partial charge in [0.1, 0.15) is 0 Å². The molecule has 0 heterocycles. The molecule has 1 aromatic carbocycles. The monoisotopic (exact) mass is 278 g/mol. The topological polar surface area (TPSA) is 52.6 Å². The molecule has 110 valence electrons. The number of carbonyl (C=O) groups is 2. The zero-order valence-electron chi connectivity index (χ0n) is 12.3.